The zero-order valence-electron chi connectivity index (χ0n) is 18.7. The van der Waals surface area contributed by atoms with E-state index >= 15 is 8.78 Å². The molecule has 33 heavy (non-hydrogen) atoms. The summed E-state index contributed by atoms with van der Waals surface area (Å²) in [4.78, 5) is 0. The largest absolute Gasteiger partial charge is 0.488 e. The van der Waals surface area contributed by atoms with Crippen molar-refractivity contribution in [2.75, 3.05) is 26.8 Å². The number of aryl methyl sites for hydroxylation is 1. The summed E-state index contributed by atoms with van der Waals surface area (Å²) in [5.74, 6) is -1.33. The molecule has 1 aliphatic rings. The first-order valence-corrected chi connectivity index (χ1v) is 11.2. The van der Waals surface area contributed by atoms with E-state index < -0.39 is 17.2 Å². The van der Waals surface area contributed by atoms with E-state index in [9.17, 15) is 0 Å². The number of rotatable bonds is 7. The molecule has 1 aliphatic heterocycles. The molecule has 0 aromatic heterocycles. The smallest absolute Gasteiger partial charge is 0.173 e. The lowest BCUT2D eigenvalue weighted by Gasteiger charge is -2.33. The lowest BCUT2D eigenvalue weighted by Crippen LogP contribution is -2.43. The fourth-order valence-electron chi connectivity index (χ4n) is 4.70. The molecule has 0 saturated heterocycles. The maximum atomic E-state index is 15.7. The first-order chi connectivity index (χ1) is 15.9. The Morgan fingerprint density at radius 2 is 1.88 bits per heavy atom. The van der Waals surface area contributed by atoms with E-state index in [2.05, 4.69) is 5.32 Å². The number of aliphatic hydroxyl groups is 1. The average molecular weight is 474 g/mol. The third kappa shape index (κ3) is 3.86. The molecule has 0 saturated carbocycles. The second-order valence-corrected chi connectivity index (χ2v) is 8.59. The highest BCUT2D eigenvalue weighted by molar-refractivity contribution is 6.34. The van der Waals surface area contributed by atoms with Crippen LogP contribution in [-0.2, 0) is 5.60 Å². The highest BCUT2D eigenvalue weighted by Crippen LogP contribution is 2.56. The van der Waals surface area contributed by atoms with Gasteiger partial charge in [0.2, 0.25) is 0 Å². The van der Waals surface area contributed by atoms with Gasteiger partial charge in [-0.15, -0.1) is 0 Å². The third-order valence-corrected chi connectivity index (χ3v) is 6.63. The summed E-state index contributed by atoms with van der Waals surface area (Å²) < 4.78 is 42.5. The summed E-state index contributed by atoms with van der Waals surface area (Å²) in [5.41, 5.74) is 1.73. The van der Waals surface area contributed by atoms with Crippen LogP contribution in [0.15, 0.2) is 48.5 Å². The summed E-state index contributed by atoms with van der Waals surface area (Å²) in [6.07, 6.45) is 0. The van der Waals surface area contributed by atoms with Gasteiger partial charge in [0.05, 0.1) is 11.6 Å². The third-order valence-electron chi connectivity index (χ3n) is 6.26. The first kappa shape index (κ1) is 23.5. The van der Waals surface area contributed by atoms with Gasteiger partial charge in [0.15, 0.2) is 17.2 Å². The molecule has 0 spiro atoms. The minimum Gasteiger partial charge on any atom is -0.488 e. The number of fused-ring (bicyclic) bond motifs is 1. The van der Waals surface area contributed by atoms with Crippen LogP contribution >= 0.6 is 11.6 Å². The van der Waals surface area contributed by atoms with Gasteiger partial charge in [-0.25, -0.2) is 8.78 Å². The molecule has 0 bridgehead atoms. The topological polar surface area (TPSA) is 50.7 Å². The molecular formula is C26H26ClF2NO3. The SMILES string of the molecule is CNC[C@]1(c2ccccc2)Oc2cc(F)c(Cl)c(-c3c(C)ccc(OCCO)c3F)c2[C@@H]1C. The van der Waals surface area contributed by atoms with Crippen molar-refractivity contribution in [3.8, 4) is 22.6 Å². The van der Waals surface area contributed by atoms with Crippen molar-refractivity contribution in [1.82, 2.24) is 5.32 Å². The van der Waals surface area contributed by atoms with Gasteiger partial charge in [-0.1, -0.05) is 54.9 Å². The molecule has 0 fully saturated rings. The molecule has 3 aromatic rings. The molecule has 4 rings (SSSR count). The molecule has 3 aromatic carbocycles. The molecule has 2 N–H and O–H groups in total. The van der Waals surface area contributed by atoms with Gasteiger partial charge in [0.25, 0.3) is 0 Å². The normalized spacial score (nSPS) is 19.3. The van der Waals surface area contributed by atoms with Crippen LogP contribution in [0.4, 0.5) is 8.78 Å². The number of hydrogen-bond donors (Lipinski definition) is 2. The lowest BCUT2D eigenvalue weighted by atomic mass is 9.77. The van der Waals surface area contributed by atoms with Gasteiger partial charge in [-0.2, -0.15) is 0 Å². The number of aliphatic hydroxyl groups excluding tert-OH is 1. The summed E-state index contributed by atoms with van der Waals surface area (Å²) >= 11 is 6.50. The number of benzene rings is 3. The molecule has 7 heteroatoms. The number of halogens is 3. The van der Waals surface area contributed by atoms with Crippen LogP contribution in [0.5, 0.6) is 11.5 Å². The van der Waals surface area contributed by atoms with Crippen LogP contribution in [0.3, 0.4) is 0 Å². The summed E-state index contributed by atoms with van der Waals surface area (Å²) in [5, 5.41) is 12.1. The fourth-order valence-corrected chi connectivity index (χ4v) is 4.95. The zero-order chi connectivity index (χ0) is 23.8. The van der Waals surface area contributed by atoms with Gasteiger partial charge in [0, 0.05) is 35.2 Å². The molecule has 1 heterocycles. The number of ether oxygens (including phenoxy) is 2. The molecule has 4 nitrogen and oxygen atoms in total. The van der Waals surface area contributed by atoms with Gasteiger partial charge in [0.1, 0.15) is 18.2 Å². The van der Waals surface area contributed by atoms with Crippen molar-refractivity contribution in [3.05, 3.63) is 81.9 Å². The Morgan fingerprint density at radius 3 is 2.55 bits per heavy atom. The Balaban J connectivity index is 1.97. The van der Waals surface area contributed by atoms with E-state index in [1.165, 1.54) is 12.1 Å². The maximum absolute atomic E-state index is 15.7. The van der Waals surface area contributed by atoms with E-state index in [-0.39, 0.29) is 41.0 Å². The summed E-state index contributed by atoms with van der Waals surface area (Å²) in [7, 11) is 1.82. The summed E-state index contributed by atoms with van der Waals surface area (Å²) in [6, 6.07) is 14.2. The molecule has 174 valence electrons. The van der Waals surface area contributed by atoms with Gasteiger partial charge in [-0.05, 0) is 31.2 Å². The van der Waals surface area contributed by atoms with Crippen molar-refractivity contribution in [2.45, 2.75) is 25.4 Å². The number of likely N-dealkylation sites (N-methyl/N-ethyl adjacent to an activating group) is 1. The zero-order valence-corrected chi connectivity index (χ0v) is 19.5. The number of nitrogens with one attached hydrogen (secondary N) is 1. The molecule has 0 amide bonds. The van der Waals surface area contributed by atoms with Crippen molar-refractivity contribution >= 4 is 11.6 Å². The molecular weight excluding hydrogens is 448 g/mol. The minimum absolute atomic E-state index is 0.0326. The van der Waals surface area contributed by atoms with Crippen LogP contribution in [0.2, 0.25) is 5.02 Å². The van der Waals surface area contributed by atoms with E-state index in [0.717, 1.165) is 5.56 Å². The van der Waals surface area contributed by atoms with Gasteiger partial charge < -0.3 is 19.9 Å². The van der Waals surface area contributed by atoms with Crippen LogP contribution in [0.25, 0.3) is 11.1 Å². The van der Waals surface area contributed by atoms with Crippen molar-refractivity contribution < 1.29 is 23.4 Å². The summed E-state index contributed by atoms with van der Waals surface area (Å²) in [6.45, 7) is 3.85. The lowest BCUT2D eigenvalue weighted by molar-refractivity contribution is 0.0719. The van der Waals surface area contributed by atoms with Crippen molar-refractivity contribution in [1.29, 1.82) is 0 Å². The fraction of sp³-hybridized carbons (Fsp3) is 0.308. The van der Waals surface area contributed by atoms with Crippen LogP contribution < -0.4 is 14.8 Å². The van der Waals surface area contributed by atoms with E-state index in [4.69, 9.17) is 26.2 Å². The predicted octanol–water partition coefficient (Wildman–Crippen LogP) is 5.58. The van der Waals surface area contributed by atoms with Crippen LogP contribution in [-0.4, -0.2) is 31.9 Å². The second kappa shape index (κ2) is 9.29. The van der Waals surface area contributed by atoms with Crippen LogP contribution in [0.1, 0.15) is 29.5 Å². The maximum Gasteiger partial charge on any atom is 0.173 e. The monoisotopic (exact) mass is 473 g/mol. The number of hydrogen-bond acceptors (Lipinski definition) is 4. The van der Waals surface area contributed by atoms with E-state index in [0.29, 0.717) is 23.4 Å². The predicted molar refractivity (Wildman–Crippen MR) is 125 cm³/mol. The highest BCUT2D eigenvalue weighted by Gasteiger charge is 2.49. The Hall–Kier alpha value is -2.67. The van der Waals surface area contributed by atoms with Gasteiger partial charge in [-0.3, -0.25) is 0 Å². The Kier molecular flexibility index (Phi) is 6.61. The van der Waals surface area contributed by atoms with Crippen LogP contribution in [0, 0.1) is 18.6 Å². The Labute approximate surface area is 197 Å². The average Bonchev–Trinajstić information content (AvgIpc) is 3.08. The first-order valence-electron chi connectivity index (χ1n) is 10.8. The molecule has 2 atom stereocenters. The van der Waals surface area contributed by atoms with Crippen molar-refractivity contribution in [3.63, 3.8) is 0 Å². The minimum atomic E-state index is -0.834. The van der Waals surface area contributed by atoms with Crippen molar-refractivity contribution in [2.24, 2.45) is 0 Å². The van der Waals surface area contributed by atoms with Gasteiger partial charge >= 0.3 is 0 Å². The molecule has 0 aliphatic carbocycles. The standard InChI is InChI=1S/C26H26ClF2NO3/c1-15-9-10-19(32-12-11-31)25(29)21(15)23-22-16(2)26(14-30-3,17-7-5-4-6-8-17)33-20(22)13-18(28)24(23)27/h4-10,13,16,30-31H,11-12,14H2,1-3H3/t16-,26-/m0/s1. The molecule has 0 radical (unpaired) electrons. The van der Waals surface area contributed by atoms with E-state index in [1.54, 1.807) is 13.0 Å². The quantitative estimate of drug-likeness (QED) is 0.470. The molecule has 0 unspecified atom stereocenters. The van der Waals surface area contributed by atoms with E-state index in [1.807, 2.05) is 44.3 Å². The Morgan fingerprint density at radius 1 is 1.15 bits per heavy atom. The Bertz CT molecular complexity index is 1170. The second-order valence-electron chi connectivity index (χ2n) is 8.21. The highest BCUT2D eigenvalue weighted by atomic mass is 35.5.